The number of aromatic nitrogens is 4. The van der Waals surface area contributed by atoms with Crippen molar-refractivity contribution in [3.63, 3.8) is 0 Å². The zero-order chi connectivity index (χ0) is 20.7. The lowest BCUT2D eigenvalue weighted by molar-refractivity contribution is 0.193. The fourth-order valence-corrected chi connectivity index (χ4v) is 3.98. The summed E-state index contributed by atoms with van der Waals surface area (Å²) in [5.41, 5.74) is 3.90. The molecule has 5 rings (SSSR count). The molecule has 0 spiro atoms. The molecule has 4 heterocycles. The van der Waals surface area contributed by atoms with Crippen molar-refractivity contribution in [2.75, 3.05) is 13.2 Å². The van der Waals surface area contributed by atoms with Crippen LogP contribution in [0.15, 0.2) is 59.7 Å². The first-order valence-electron chi connectivity index (χ1n) is 9.95. The molecule has 4 aromatic rings. The van der Waals surface area contributed by atoms with Gasteiger partial charge in [-0.15, -0.1) is 0 Å². The minimum absolute atomic E-state index is 0.0641. The predicted octanol–water partition coefficient (Wildman–Crippen LogP) is 3.33. The molecule has 0 aliphatic carbocycles. The van der Waals surface area contributed by atoms with Crippen molar-refractivity contribution >= 4 is 5.52 Å². The van der Waals surface area contributed by atoms with Gasteiger partial charge < -0.3 is 9.30 Å². The van der Waals surface area contributed by atoms with Gasteiger partial charge in [0.2, 0.25) is 5.95 Å². The van der Waals surface area contributed by atoms with E-state index in [0.717, 1.165) is 35.7 Å². The number of hydrogen-bond acceptors (Lipinski definition) is 4. The topological polar surface area (TPSA) is 61.4 Å². The van der Waals surface area contributed by atoms with Gasteiger partial charge in [0.15, 0.2) is 0 Å². The van der Waals surface area contributed by atoms with Gasteiger partial charge in [-0.05, 0) is 24.1 Å². The first-order valence-corrected chi connectivity index (χ1v) is 9.95. The predicted molar refractivity (Wildman–Crippen MR) is 111 cm³/mol. The van der Waals surface area contributed by atoms with Crippen molar-refractivity contribution in [3.8, 4) is 11.3 Å². The summed E-state index contributed by atoms with van der Waals surface area (Å²) >= 11 is 0. The molecule has 0 amide bonds. The van der Waals surface area contributed by atoms with Gasteiger partial charge in [0.05, 0.1) is 18.5 Å². The average molecular weight is 404 g/mol. The first kappa shape index (κ1) is 18.7. The van der Waals surface area contributed by atoms with Gasteiger partial charge in [0.25, 0.3) is 5.56 Å². The smallest absolute Gasteiger partial charge is 0.276 e. The monoisotopic (exact) mass is 404 g/mol. The molecule has 0 bridgehead atoms. The average Bonchev–Trinajstić information content (AvgIpc) is 3.42. The summed E-state index contributed by atoms with van der Waals surface area (Å²) in [5.74, 6) is 0.600. The van der Waals surface area contributed by atoms with Crippen molar-refractivity contribution in [2.24, 2.45) is 7.05 Å². The molecule has 7 heteroatoms. The number of nitrogens with zero attached hydrogens (tertiary/aromatic N) is 4. The van der Waals surface area contributed by atoms with Crippen LogP contribution in [0.2, 0.25) is 0 Å². The van der Waals surface area contributed by atoms with Gasteiger partial charge in [0, 0.05) is 43.4 Å². The number of hydrogen-bond donors (Lipinski definition) is 0. The highest BCUT2D eigenvalue weighted by molar-refractivity contribution is 5.59. The van der Waals surface area contributed by atoms with Crippen molar-refractivity contribution in [3.05, 3.63) is 88.2 Å². The van der Waals surface area contributed by atoms with Crippen LogP contribution in [-0.2, 0) is 18.2 Å². The van der Waals surface area contributed by atoms with Crippen LogP contribution in [-0.4, -0.2) is 32.1 Å². The van der Waals surface area contributed by atoms with Crippen LogP contribution < -0.4 is 5.56 Å². The summed E-state index contributed by atoms with van der Waals surface area (Å²) in [6.07, 6.45) is 5.16. The van der Waals surface area contributed by atoms with E-state index in [2.05, 4.69) is 9.97 Å². The second-order valence-corrected chi connectivity index (χ2v) is 7.64. The Morgan fingerprint density at radius 3 is 2.77 bits per heavy atom. The maximum absolute atomic E-state index is 13.4. The molecule has 0 radical (unpaired) electrons. The number of ether oxygens (including phenoxy) is 1. The van der Waals surface area contributed by atoms with Crippen LogP contribution in [0.3, 0.4) is 0 Å². The molecule has 0 saturated carbocycles. The highest BCUT2D eigenvalue weighted by Gasteiger charge is 2.23. The van der Waals surface area contributed by atoms with Crippen LogP contribution >= 0.6 is 0 Å². The van der Waals surface area contributed by atoms with Crippen LogP contribution in [0.4, 0.5) is 4.39 Å². The van der Waals surface area contributed by atoms with E-state index in [-0.39, 0.29) is 11.5 Å². The Hall–Kier alpha value is -3.32. The van der Waals surface area contributed by atoms with Crippen molar-refractivity contribution < 1.29 is 9.13 Å². The number of halogens is 1. The molecule has 1 atom stereocenters. The zero-order valence-corrected chi connectivity index (χ0v) is 16.6. The van der Waals surface area contributed by atoms with Gasteiger partial charge in [-0.25, -0.2) is 9.97 Å². The van der Waals surface area contributed by atoms with E-state index in [0.29, 0.717) is 24.2 Å². The molecule has 1 unspecified atom stereocenters. The number of pyridine rings is 1. The minimum atomic E-state index is -0.497. The number of imidazole rings is 1. The molecule has 152 valence electrons. The Morgan fingerprint density at radius 2 is 2.03 bits per heavy atom. The molecule has 1 saturated heterocycles. The highest BCUT2D eigenvalue weighted by atomic mass is 19.1. The molecular weight excluding hydrogens is 383 g/mol. The second-order valence-electron chi connectivity index (χ2n) is 7.64. The Balaban J connectivity index is 1.48. The SMILES string of the molecule is Cn1c(Cc2ccc(-c3cccc(F)n3)cc2)cn2c(C3CCOC3)ncc2c1=O. The molecule has 3 aromatic heterocycles. The summed E-state index contributed by atoms with van der Waals surface area (Å²) in [5, 5.41) is 0. The standard InChI is InChI=1S/C23H21FN4O2/c1-27-18(11-15-5-7-16(8-6-15)19-3-2-4-21(24)26-19)13-28-20(23(27)29)12-25-22(28)17-9-10-30-14-17/h2-8,12-13,17H,9-11,14H2,1H3. The Morgan fingerprint density at radius 1 is 1.20 bits per heavy atom. The van der Waals surface area contributed by atoms with E-state index in [1.807, 2.05) is 34.9 Å². The summed E-state index contributed by atoms with van der Waals surface area (Å²) in [4.78, 5) is 21.3. The molecule has 6 nitrogen and oxygen atoms in total. The number of fused-ring (bicyclic) bond motifs is 1. The van der Waals surface area contributed by atoms with E-state index >= 15 is 0 Å². The fourth-order valence-electron chi connectivity index (χ4n) is 3.98. The third-order valence-corrected chi connectivity index (χ3v) is 5.70. The number of rotatable bonds is 4. The fraction of sp³-hybridized carbons (Fsp3) is 0.261. The summed E-state index contributed by atoms with van der Waals surface area (Å²) < 4.78 is 22.5. The third kappa shape index (κ3) is 3.31. The molecule has 30 heavy (non-hydrogen) atoms. The first-order chi connectivity index (χ1) is 14.6. The summed E-state index contributed by atoms with van der Waals surface area (Å²) in [6.45, 7) is 1.36. The largest absolute Gasteiger partial charge is 0.381 e. The second kappa shape index (κ2) is 7.50. The van der Waals surface area contributed by atoms with Crippen LogP contribution in [0.25, 0.3) is 16.8 Å². The third-order valence-electron chi connectivity index (χ3n) is 5.70. The lowest BCUT2D eigenvalue weighted by atomic mass is 10.0. The highest BCUT2D eigenvalue weighted by Crippen LogP contribution is 2.25. The van der Waals surface area contributed by atoms with E-state index in [4.69, 9.17) is 4.74 Å². The van der Waals surface area contributed by atoms with Crippen molar-refractivity contribution in [1.82, 2.24) is 18.9 Å². The van der Waals surface area contributed by atoms with Gasteiger partial charge in [-0.2, -0.15) is 4.39 Å². The van der Waals surface area contributed by atoms with E-state index in [9.17, 15) is 9.18 Å². The van der Waals surface area contributed by atoms with Crippen LogP contribution in [0.5, 0.6) is 0 Å². The Labute approximate surface area is 172 Å². The summed E-state index contributed by atoms with van der Waals surface area (Å²) in [6, 6.07) is 12.6. The van der Waals surface area contributed by atoms with Gasteiger partial charge >= 0.3 is 0 Å². The van der Waals surface area contributed by atoms with Crippen LogP contribution in [0.1, 0.15) is 29.4 Å². The maximum atomic E-state index is 13.4. The molecule has 1 aliphatic heterocycles. The Kier molecular flexibility index (Phi) is 4.67. The van der Waals surface area contributed by atoms with E-state index in [1.54, 1.807) is 29.9 Å². The zero-order valence-electron chi connectivity index (χ0n) is 16.6. The number of benzene rings is 1. The summed E-state index contributed by atoms with van der Waals surface area (Å²) in [7, 11) is 1.79. The van der Waals surface area contributed by atoms with Gasteiger partial charge in [-0.3, -0.25) is 9.20 Å². The van der Waals surface area contributed by atoms with Gasteiger partial charge in [0.1, 0.15) is 11.3 Å². The molecular formula is C23H21FN4O2. The van der Waals surface area contributed by atoms with Crippen LogP contribution in [0, 0.1) is 5.95 Å². The molecule has 1 fully saturated rings. The van der Waals surface area contributed by atoms with Crippen molar-refractivity contribution in [2.45, 2.75) is 18.8 Å². The van der Waals surface area contributed by atoms with Gasteiger partial charge in [-0.1, -0.05) is 30.3 Å². The molecule has 1 aromatic carbocycles. The molecule has 0 N–H and O–H groups in total. The quantitative estimate of drug-likeness (QED) is 0.490. The minimum Gasteiger partial charge on any atom is -0.381 e. The Bertz CT molecular complexity index is 1270. The van der Waals surface area contributed by atoms with Crippen molar-refractivity contribution in [1.29, 1.82) is 0 Å². The normalized spacial score (nSPS) is 16.4. The molecule has 1 aliphatic rings. The lowest BCUT2D eigenvalue weighted by Crippen LogP contribution is -2.23. The lowest BCUT2D eigenvalue weighted by Gasteiger charge is -2.12. The maximum Gasteiger partial charge on any atom is 0.276 e. The van der Waals surface area contributed by atoms with E-state index in [1.165, 1.54) is 6.07 Å². The van der Waals surface area contributed by atoms with E-state index < -0.39 is 5.95 Å².